The van der Waals surface area contributed by atoms with Crippen LogP contribution in [0.1, 0.15) is 0 Å². The van der Waals surface area contributed by atoms with Crippen LogP contribution in [0.25, 0.3) is 0 Å². The minimum atomic E-state index is -4.01. The third-order valence-corrected chi connectivity index (χ3v) is 2.25. The van der Waals surface area contributed by atoms with Crippen LogP contribution in [0.2, 0.25) is 0 Å². The van der Waals surface area contributed by atoms with Gasteiger partial charge in [0.2, 0.25) is 0 Å². The van der Waals surface area contributed by atoms with Crippen LogP contribution in [0.5, 0.6) is 0 Å². The first-order chi connectivity index (χ1) is 6.32. The summed E-state index contributed by atoms with van der Waals surface area (Å²) in [5.41, 5.74) is -0.743. The fourth-order valence-corrected chi connectivity index (χ4v) is 1.31. The summed E-state index contributed by atoms with van der Waals surface area (Å²) in [5, 5.41) is 9.00. The lowest BCUT2D eigenvalue weighted by Gasteiger charge is -2.14. The lowest BCUT2D eigenvalue weighted by Crippen LogP contribution is -2.26. The Labute approximate surface area is 79.4 Å². The molecule has 14 heavy (non-hydrogen) atoms. The summed E-state index contributed by atoms with van der Waals surface area (Å²) in [6, 6.07) is 2.12. The predicted octanol–water partition coefficient (Wildman–Crippen LogP) is 1.12. The van der Waals surface area contributed by atoms with Crippen molar-refractivity contribution in [2.45, 2.75) is 0 Å². The summed E-state index contributed by atoms with van der Waals surface area (Å²) in [6.07, 6.45) is 0.664. The Balaban J connectivity index is 3.26. The van der Waals surface area contributed by atoms with Gasteiger partial charge in [0.05, 0.1) is 6.26 Å². The number of nitrogens with zero attached hydrogens (tertiary/aromatic N) is 1. The summed E-state index contributed by atoms with van der Waals surface area (Å²) < 4.78 is 46.8. The second-order valence-electron chi connectivity index (χ2n) is 2.60. The first-order valence-electron chi connectivity index (χ1n) is 3.46. The smallest absolute Gasteiger partial charge is 0.254 e. The highest BCUT2D eigenvalue weighted by molar-refractivity contribution is 7.91. The number of anilines is 1. The molecule has 1 aromatic rings. The van der Waals surface area contributed by atoms with Crippen molar-refractivity contribution >= 4 is 15.7 Å². The zero-order valence-electron chi connectivity index (χ0n) is 7.11. The molecule has 0 heterocycles. The van der Waals surface area contributed by atoms with E-state index in [9.17, 15) is 17.2 Å². The number of hydrogen-bond acceptors (Lipinski definition) is 3. The van der Waals surface area contributed by atoms with Crippen LogP contribution in [0.15, 0.2) is 18.2 Å². The van der Waals surface area contributed by atoms with Gasteiger partial charge < -0.3 is 0 Å². The first kappa shape index (κ1) is 10.9. The van der Waals surface area contributed by atoms with Gasteiger partial charge in [0.1, 0.15) is 17.3 Å². The zero-order valence-corrected chi connectivity index (χ0v) is 7.92. The van der Waals surface area contributed by atoms with E-state index in [4.69, 9.17) is 5.21 Å². The van der Waals surface area contributed by atoms with Crippen LogP contribution >= 0.6 is 0 Å². The maximum absolute atomic E-state index is 12.9. The molecule has 1 N–H and O–H groups in total. The SMILES string of the molecule is CS(=O)(=O)N(O)c1cc(F)ccc1F. The molecule has 0 unspecified atom stereocenters. The van der Waals surface area contributed by atoms with E-state index in [0.717, 1.165) is 12.1 Å². The highest BCUT2D eigenvalue weighted by Crippen LogP contribution is 2.20. The summed E-state index contributed by atoms with van der Waals surface area (Å²) in [4.78, 5) is 0. The molecule has 1 aromatic carbocycles. The largest absolute Gasteiger partial charge is 0.274 e. The summed E-state index contributed by atoms with van der Waals surface area (Å²) in [6.45, 7) is 0. The molecule has 0 aliphatic carbocycles. The highest BCUT2D eigenvalue weighted by Gasteiger charge is 2.18. The second kappa shape index (κ2) is 3.50. The van der Waals surface area contributed by atoms with Gasteiger partial charge in [0, 0.05) is 6.07 Å². The Hall–Kier alpha value is -1.21. The van der Waals surface area contributed by atoms with Crippen molar-refractivity contribution in [3.05, 3.63) is 29.8 Å². The molecule has 0 aliphatic rings. The van der Waals surface area contributed by atoms with Crippen molar-refractivity contribution in [1.82, 2.24) is 0 Å². The van der Waals surface area contributed by atoms with Gasteiger partial charge in [-0.3, -0.25) is 5.21 Å². The van der Waals surface area contributed by atoms with Gasteiger partial charge >= 0.3 is 0 Å². The van der Waals surface area contributed by atoms with E-state index in [2.05, 4.69) is 0 Å². The third kappa shape index (κ3) is 2.18. The minimum Gasteiger partial charge on any atom is -0.274 e. The molecule has 0 bridgehead atoms. The van der Waals surface area contributed by atoms with E-state index in [0.29, 0.717) is 12.3 Å². The number of halogens is 2. The Kier molecular flexibility index (Phi) is 2.72. The molecule has 0 amide bonds. The van der Waals surface area contributed by atoms with Crippen molar-refractivity contribution in [1.29, 1.82) is 0 Å². The number of benzene rings is 1. The molecule has 0 saturated heterocycles. The van der Waals surface area contributed by atoms with Gasteiger partial charge in [-0.1, -0.05) is 0 Å². The van der Waals surface area contributed by atoms with Crippen molar-refractivity contribution in [2.75, 3.05) is 10.7 Å². The van der Waals surface area contributed by atoms with Crippen LogP contribution in [0.3, 0.4) is 0 Å². The van der Waals surface area contributed by atoms with Gasteiger partial charge in [-0.05, 0) is 12.1 Å². The van der Waals surface area contributed by atoms with E-state index in [-0.39, 0.29) is 4.47 Å². The van der Waals surface area contributed by atoms with E-state index in [1.807, 2.05) is 0 Å². The lowest BCUT2D eigenvalue weighted by atomic mass is 10.3. The predicted molar refractivity (Wildman–Crippen MR) is 45.5 cm³/mol. The average Bonchev–Trinajstić information content (AvgIpc) is 2.06. The van der Waals surface area contributed by atoms with Crippen molar-refractivity contribution in [3.8, 4) is 0 Å². The van der Waals surface area contributed by atoms with Crippen LogP contribution in [0.4, 0.5) is 14.5 Å². The summed E-state index contributed by atoms with van der Waals surface area (Å²) in [7, 11) is -4.01. The second-order valence-corrected chi connectivity index (χ2v) is 4.41. The summed E-state index contributed by atoms with van der Waals surface area (Å²) >= 11 is 0. The van der Waals surface area contributed by atoms with Gasteiger partial charge in [-0.2, -0.15) is 0 Å². The van der Waals surface area contributed by atoms with E-state index in [1.165, 1.54) is 0 Å². The van der Waals surface area contributed by atoms with Crippen LogP contribution < -0.4 is 4.47 Å². The van der Waals surface area contributed by atoms with Crippen molar-refractivity contribution < 1.29 is 22.4 Å². The topological polar surface area (TPSA) is 57.6 Å². The van der Waals surface area contributed by atoms with Crippen LogP contribution in [-0.4, -0.2) is 19.9 Å². The molecule has 0 fully saturated rings. The number of sulfonamides is 1. The van der Waals surface area contributed by atoms with Crippen molar-refractivity contribution in [2.24, 2.45) is 0 Å². The molecular weight excluding hydrogens is 216 g/mol. The van der Waals surface area contributed by atoms with Crippen LogP contribution in [0, 0.1) is 11.6 Å². The van der Waals surface area contributed by atoms with Gasteiger partial charge in [-0.25, -0.2) is 17.2 Å². The third-order valence-electron chi connectivity index (χ3n) is 1.43. The highest BCUT2D eigenvalue weighted by atomic mass is 32.2. The quantitative estimate of drug-likeness (QED) is 0.764. The number of hydrogen-bond donors (Lipinski definition) is 1. The Morgan fingerprint density at radius 3 is 2.43 bits per heavy atom. The first-order valence-corrected chi connectivity index (χ1v) is 5.31. The molecule has 0 aromatic heterocycles. The lowest BCUT2D eigenvalue weighted by molar-refractivity contribution is 0.312. The molecule has 78 valence electrons. The molecule has 0 atom stereocenters. The van der Waals surface area contributed by atoms with E-state index >= 15 is 0 Å². The van der Waals surface area contributed by atoms with E-state index < -0.39 is 27.3 Å². The maximum atomic E-state index is 12.9. The number of rotatable bonds is 2. The zero-order chi connectivity index (χ0) is 10.9. The average molecular weight is 223 g/mol. The molecular formula is C7H7F2NO3S. The molecule has 4 nitrogen and oxygen atoms in total. The van der Waals surface area contributed by atoms with Crippen LogP contribution in [-0.2, 0) is 10.0 Å². The molecule has 0 saturated carbocycles. The Bertz CT molecular complexity index is 446. The maximum Gasteiger partial charge on any atom is 0.254 e. The molecule has 0 spiro atoms. The Morgan fingerprint density at radius 2 is 1.93 bits per heavy atom. The minimum absolute atomic E-state index is 0.314. The standard InChI is InChI=1S/C7H7F2NO3S/c1-14(12,13)10(11)7-4-5(8)2-3-6(7)9/h2-4,11H,1H3. The molecule has 1 rings (SSSR count). The van der Waals surface area contributed by atoms with Gasteiger partial charge in [0.15, 0.2) is 0 Å². The molecule has 7 heteroatoms. The van der Waals surface area contributed by atoms with E-state index in [1.54, 1.807) is 0 Å². The fraction of sp³-hybridized carbons (Fsp3) is 0.143. The Morgan fingerprint density at radius 1 is 1.36 bits per heavy atom. The van der Waals surface area contributed by atoms with Gasteiger partial charge in [-0.15, -0.1) is 4.47 Å². The molecule has 0 radical (unpaired) electrons. The summed E-state index contributed by atoms with van der Waals surface area (Å²) in [5.74, 6) is -1.87. The monoisotopic (exact) mass is 223 g/mol. The van der Waals surface area contributed by atoms with Crippen molar-refractivity contribution in [3.63, 3.8) is 0 Å². The normalized spacial score (nSPS) is 11.4. The molecule has 0 aliphatic heterocycles. The van der Waals surface area contributed by atoms with Gasteiger partial charge in [0.25, 0.3) is 10.0 Å². The fourth-order valence-electron chi connectivity index (χ4n) is 0.811.